The lowest BCUT2D eigenvalue weighted by Gasteiger charge is -2.10. The first kappa shape index (κ1) is 12.2. The van der Waals surface area contributed by atoms with E-state index in [1.807, 2.05) is 6.92 Å². The molecule has 0 heterocycles. The van der Waals surface area contributed by atoms with Crippen LogP contribution in [0.15, 0.2) is 5.11 Å². The highest BCUT2D eigenvalue weighted by Crippen LogP contribution is 1.91. The Morgan fingerprint density at radius 1 is 1.64 bits per heavy atom. The summed E-state index contributed by atoms with van der Waals surface area (Å²) in [7, 11) is 0. The summed E-state index contributed by atoms with van der Waals surface area (Å²) in [5.41, 5.74) is 7.99. The summed E-state index contributed by atoms with van der Waals surface area (Å²) in [6, 6.07) is -1.13. The van der Waals surface area contributed by atoms with Crippen molar-refractivity contribution in [3.63, 3.8) is 0 Å². The summed E-state index contributed by atoms with van der Waals surface area (Å²) in [4.78, 5) is 24.0. The zero-order valence-corrected chi connectivity index (χ0v) is 7.80. The van der Waals surface area contributed by atoms with Crippen molar-refractivity contribution in [1.29, 1.82) is 0 Å². The van der Waals surface area contributed by atoms with Gasteiger partial charge in [-0.2, -0.15) is 0 Å². The molecule has 78 valence electrons. The molecule has 1 atom stereocenters. The Hall–Kier alpha value is -1.75. The van der Waals surface area contributed by atoms with E-state index in [0.29, 0.717) is 6.42 Å². The maximum Gasteiger partial charge on any atom is 0.326 e. The number of nitrogens with zero attached hydrogens (tertiary/aromatic N) is 3. The first-order valence-electron chi connectivity index (χ1n) is 4.14. The zero-order valence-electron chi connectivity index (χ0n) is 7.80. The molecular weight excluding hydrogens is 188 g/mol. The third-order valence-corrected chi connectivity index (χ3v) is 1.44. The Kier molecular flexibility index (Phi) is 5.89. The summed E-state index contributed by atoms with van der Waals surface area (Å²) in [5, 5.41) is 14.0. The van der Waals surface area contributed by atoms with Gasteiger partial charge in [-0.25, -0.2) is 4.79 Å². The van der Waals surface area contributed by atoms with Crippen LogP contribution in [-0.4, -0.2) is 29.6 Å². The van der Waals surface area contributed by atoms with E-state index in [0.717, 1.165) is 0 Å². The highest BCUT2D eigenvalue weighted by atomic mass is 16.4. The summed E-state index contributed by atoms with van der Waals surface area (Å²) >= 11 is 0. The van der Waals surface area contributed by atoms with Crippen LogP contribution in [0.4, 0.5) is 0 Å². The third-order valence-electron chi connectivity index (χ3n) is 1.44. The van der Waals surface area contributed by atoms with E-state index in [1.54, 1.807) is 0 Å². The summed E-state index contributed by atoms with van der Waals surface area (Å²) in [5.74, 6) is -1.56. The standard InChI is InChI=1S/C7H12N4O3/c1-2-3-6(12)10-5(7(13)14)4-9-11-8/h5H,2-4H2,1H3,(H,10,12)(H,13,14)/t5-/m1/s1. The van der Waals surface area contributed by atoms with Crippen LogP contribution in [0.25, 0.3) is 10.4 Å². The van der Waals surface area contributed by atoms with Gasteiger partial charge in [-0.3, -0.25) is 4.79 Å². The molecule has 0 saturated heterocycles. The largest absolute Gasteiger partial charge is 0.480 e. The van der Waals surface area contributed by atoms with Gasteiger partial charge in [-0.05, 0) is 12.0 Å². The number of carbonyl (C=O) groups excluding carboxylic acids is 1. The monoisotopic (exact) mass is 200 g/mol. The van der Waals surface area contributed by atoms with E-state index in [4.69, 9.17) is 10.6 Å². The number of hydrogen-bond acceptors (Lipinski definition) is 3. The number of rotatable bonds is 6. The molecule has 1 amide bonds. The molecule has 14 heavy (non-hydrogen) atoms. The topological polar surface area (TPSA) is 115 Å². The fourth-order valence-corrected chi connectivity index (χ4v) is 0.797. The van der Waals surface area contributed by atoms with Gasteiger partial charge in [0.25, 0.3) is 0 Å². The lowest BCUT2D eigenvalue weighted by Crippen LogP contribution is -2.42. The number of aliphatic carboxylic acids is 1. The average Bonchev–Trinajstić information content (AvgIpc) is 2.12. The summed E-state index contributed by atoms with van der Waals surface area (Å²) in [6.07, 6.45) is 0.903. The van der Waals surface area contributed by atoms with Gasteiger partial charge in [0.1, 0.15) is 6.04 Å². The highest BCUT2D eigenvalue weighted by Gasteiger charge is 2.17. The van der Waals surface area contributed by atoms with Crippen LogP contribution in [0.2, 0.25) is 0 Å². The molecule has 7 nitrogen and oxygen atoms in total. The quantitative estimate of drug-likeness (QED) is 0.372. The van der Waals surface area contributed by atoms with Gasteiger partial charge >= 0.3 is 5.97 Å². The van der Waals surface area contributed by atoms with Gasteiger partial charge in [-0.1, -0.05) is 12.0 Å². The Balaban J connectivity index is 4.15. The predicted octanol–water partition coefficient (Wildman–Crippen LogP) is 0.666. The van der Waals surface area contributed by atoms with Gasteiger partial charge in [0.2, 0.25) is 5.91 Å². The Bertz CT molecular complexity index is 260. The molecule has 0 unspecified atom stereocenters. The molecule has 0 rings (SSSR count). The molecule has 0 aliphatic carbocycles. The molecule has 0 aliphatic rings. The molecule has 0 fully saturated rings. The van der Waals surface area contributed by atoms with E-state index in [1.165, 1.54) is 0 Å². The second-order valence-electron chi connectivity index (χ2n) is 2.62. The smallest absolute Gasteiger partial charge is 0.326 e. The second kappa shape index (κ2) is 6.73. The minimum absolute atomic E-state index is 0.264. The summed E-state index contributed by atoms with van der Waals surface area (Å²) in [6.45, 7) is 1.53. The van der Waals surface area contributed by atoms with Crippen LogP contribution >= 0.6 is 0 Å². The molecule has 0 aromatic heterocycles. The fourth-order valence-electron chi connectivity index (χ4n) is 0.797. The molecule has 0 aromatic carbocycles. The molecule has 7 heteroatoms. The SMILES string of the molecule is CCCC(=O)N[C@H](CN=[N+]=[N-])C(=O)O. The van der Waals surface area contributed by atoms with Crippen molar-refractivity contribution in [1.82, 2.24) is 5.32 Å². The van der Waals surface area contributed by atoms with Crippen LogP contribution < -0.4 is 5.32 Å². The Labute approximate surface area is 80.7 Å². The van der Waals surface area contributed by atoms with Crippen molar-refractivity contribution < 1.29 is 14.7 Å². The van der Waals surface area contributed by atoms with Gasteiger partial charge in [0, 0.05) is 11.3 Å². The molecule has 0 radical (unpaired) electrons. The lowest BCUT2D eigenvalue weighted by atomic mass is 10.2. The number of carboxylic acids is 1. The second-order valence-corrected chi connectivity index (χ2v) is 2.62. The van der Waals surface area contributed by atoms with Crippen molar-refractivity contribution in [2.45, 2.75) is 25.8 Å². The normalized spacial score (nSPS) is 11.2. The number of carboxylic acid groups (broad SMARTS) is 1. The molecular formula is C7H12N4O3. The van der Waals surface area contributed by atoms with Gasteiger partial charge < -0.3 is 10.4 Å². The average molecular weight is 200 g/mol. The number of amides is 1. The van der Waals surface area contributed by atoms with E-state index < -0.39 is 12.0 Å². The first-order valence-corrected chi connectivity index (χ1v) is 4.14. The van der Waals surface area contributed by atoms with E-state index in [-0.39, 0.29) is 18.9 Å². The van der Waals surface area contributed by atoms with Crippen molar-refractivity contribution in [3.05, 3.63) is 10.4 Å². The van der Waals surface area contributed by atoms with Gasteiger partial charge in [0.15, 0.2) is 0 Å². The highest BCUT2D eigenvalue weighted by molar-refractivity contribution is 5.83. The minimum Gasteiger partial charge on any atom is -0.480 e. The maximum atomic E-state index is 11.0. The minimum atomic E-state index is -1.21. The van der Waals surface area contributed by atoms with Crippen LogP contribution in [0.3, 0.4) is 0 Å². The number of azide groups is 1. The van der Waals surface area contributed by atoms with E-state index in [2.05, 4.69) is 15.3 Å². The first-order chi connectivity index (χ1) is 6.61. The van der Waals surface area contributed by atoms with Gasteiger partial charge in [0.05, 0.1) is 6.54 Å². The van der Waals surface area contributed by atoms with Crippen molar-refractivity contribution in [2.75, 3.05) is 6.54 Å². The lowest BCUT2D eigenvalue weighted by molar-refractivity contribution is -0.141. The van der Waals surface area contributed by atoms with Crippen LogP contribution in [0.5, 0.6) is 0 Å². The van der Waals surface area contributed by atoms with E-state index in [9.17, 15) is 9.59 Å². The van der Waals surface area contributed by atoms with Crippen molar-refractivity contribution in [2.24, 2.45) is 5.11 Å². The Morgan fingerprint density at radius 3 is 2.71 bits per heavy atom. The van der Waals surface area contributed by atoms with Crippen LogP contribution in [0.1, 0.15) is 19.8 Å². The summed E-state index contributed by atoms with van der Waals surface area (Å²) < 4.78 is 0. The predicted molar refractivity (Wildman–Crippen MR) is 48.5 cm³/mol. The maximum absolute atomic E-state index is 11.0. The number of carbonyl (C=O) groups is 2. The molecule has 0 saturated carbocycles. The molecule has 0 aliphatic heterocycles. The molecule has 2 N–H and O–H groups in total. The van der Waals surface area contributed by atoms with Gasteiger partial charge in [-0.15, -0.1) is 0 Å². The van der Waals surface area contributed by atoms with Crippen molar-refractivity contribution in [3.8, 4) is 0 Å². The molecule has 0 spiro atoms. The zero-order chi connectivity index (χ0) is 11.0. The third kappa shape index (κ3) is 5.00. The van der Waals surface area contributed by atoms with Crippen LogP contribution in [-0.2, 0) is 9.59 Å². The Morgan fingerprint density at radius 2 is 2.29 bits per heavy atom. The number of hydrogen-bond donors (Lipinski definition) is 2. The van der Waals surface area contributed by atoms with Crippen LogP contribution in [0, 0.1) is 0 Å². The molecule has 0 aromatic rings. The van der Waals surface area contributed by atoms with E-state index >= 15 is 0 Å². The molecule has 0 bridgehead atoms. The number of nitrogens with one attached hydrogen (secondary N) is 1. The van der Waals surface area contributed by atoms with Crippen molar-refractivity contribution >= 4 is 11.9 Å². The fraction of sp³-hybridized carbons (Fsp3) is 0.714.